The number of pyridine rings is 3. The number of nitrogens with zero attached hydrogens (tertiary/aromatic N) is 3. The molecule has 6 rings (SSSR count). The number of benzene rings is 2. The average Bonchev–Trinajstić information content (AvgIpc) is 3.37. The summed E-state index contributed by atoms with van der Waals surface area (Å²) in [6.07, 6.45) is 3.28. The van der Waals surface area contributed by atoms with Crippen molar-refractivity contribution in [2.75, 3.05) is 0 Å². The molecular formula is C37H38FGeIrN3O-2. The Morgan fingerprint density at radius 3 is 2.25 bits per heavy atom. The normalized spacial score (nSPS) is 14.0. The zero-order valence-corrected chi connectivity index (χ0v) is 30.4. The molecule has 0 N–H and O–H groups in total. The van der Waals surface area contributed by atoms with Crippen molar-refractivity contribution >= 4 is 39.7 Å². The molecule has 0 unspecified atom stereocenters. The van der Waals surface area contributed by atoms with Crippen LogP contribution in [0.2, 0.25) is 17.3 Å². The molecule has 6 aromatic rings. The van der Waals surface area contributed by atoms with Gasteiger partial charge in [-0.05, 0) is 41.7 Å². The molecule has 0 fully saturated rings. The van der Waals surface area contributed by atoms with Gasteiger partial charge >= 0.3 is 120 Å². The van der Waals surface area contributed by atoms with Crippen molar-refractivity contribution in [2.45, 2.75) is 63.6 Å². The first-order valence-corrected chi connectivity index (χ1v) is 21.5. The largest absolute Gasteiger partial charge is 0.486 e. The third kappa shape index (κ3) is 7.20. The van der Waals surface area contributed by atoms with Crippen molar-refractivity contribution in [1.29, 1.82) is 0 Å². The number of halogens is 1. The number of hydrogen-bond donors (Lipinski definition) is 0. The number of aryl methyl sites for hydroxylation is 1. The molecule has 0 amide bonds. The van der Waals surface area contributed by atoms with Gasteiger partial charge in [0.1, 0.15) is 0 Å². The second-order valence-electron chi connectivity index (χ2n) is 11.9. The zero-order chi connectivity index (χ0) is 35.2. The number of fused-ring (bicyclic) bond motifs is 3. The smallest absolute Gasteiger partial charge is 0.218 e. The second kappa shape index (κ2) is 13.8. The van der Waals surface area contributed by atoms with Crippen LogP contribution in [-0.2, 0) is 20.1 Å². The van der Waals surface area contributed by atoms with Crippen molar-refractivity contribution in [1.82, 2.24) is 15.0 Å². The molecule has 1 radical (unpaired) electrons. The van der Waals surface area contributed by atoms with Gasteiger partial charge in [-0.25, -0.2) is 0 Å². The molecule has 0 aliphatic carbocycles. The summed E-state index contributed by atoms with van der Waals surface area (Å²) in [6, 6.07) is 24.2. The molecule has 4 aromatic heterocycles. The second-order valence-corrected chi connectivity index (χ2v) is 22.5. The van der Waals surface area contributed by atoms with Gasteiger partial charge in [-0.1, -0.05) is 30.9 Å². The van der Waals surface area contributed by atoms with Crippen molar-refractivity contribution in [3.05, 3.63) is 108 Å². The molecule has 0 aliphatic heterocycles. The molecular weight excluding hydrogens is 786 g/mol. The first-order chi connectivity index (χ1) is 22.2. The number of furan rings is 1. The molecule has 4 heterocycles. The quantitative estimate of drug-likeness (QED) is 0.0988. The van der Waals surface area contributed by atoms with Crippen LogP contribution in [-0.4, -0.2) is 28.2 Å². The van der Waals surface area contributed by atoms with E-state index in [1.54, 1.807) is 38.1 Å². The van der Waals surface area contributed by atoms with Crippen molar-refractivity contribution in [3.8, 4) is 22.5 Å². The van der Waals surface area contributed by atoms with Crippen LogP contribution in [0.5, 0.6) is 0 Å². The molecule has 0 saturated carbocycles. The predicted octanol–water partition coefficient (Wildman–Crippen LogP) is 9.63. The minimum atomic E-state index is -2.38. The molecule has 44 heavy (non-hydrogen) atoms. The minimum Gasteiger partial charge on any atom is -0.486 e. The SMILES string of the molecule is [2H]C(C)(C)c1cc(-c2[c-]cccc2)nc[c]1[Ge]([CH3])([CH3])[CH3].[2H]C([2H])([2H])c1cnc(-c2[c-]ccc3c2oc2nc(F)ccc23)cc1C([2H])(C)C.[Ir]. The number of aromatic nitrogens is 3. The Hall–Kier alpha value is -3.19. The first-order valence-electron chi connectivity index (χ1n) is 16.6. The first kappa shape index (κ1) is 27.1. The maximum absolute atomic E-state index is 13.5. The summed E-state index contributed by atoms with van der Waals surface area (Å²) < 4.78 is 60.6. The van der Waals surface area contributed by atoms with E-state index in [9.17, 15) is 4.39 Å². The summed E-state index contributed by atoms with van der Waals surface area (Å²) in [6.45, 7) is 4.78. The molecule has 0 atom stereocenters. The summed E-state index contributed by atoms with van der Waals surface area (Å²) >= 11 is -2.03. The van der Waals surface area contributed by atoms with E-state index in [-0.39, 0.29) is 31.4 Å². The third-order valence-corrected chi connectivity index (χ3v) is 11.4. The fourth-order valence-corrected chi connectivity index (χ4v) is 8.28. The molecule has 0 bridgehead atoms. The molecule has 0 spiro atoms. The van der Waals surface area contributed by atoms with Gasteiger partial charge in [-0.3, -0.25) is 0 Å². The maximum Gasteiger partial charge on any atom is 0.218 e. The monoisotopic (exact) mass is 831 g/mol. The predicted molar refractivity (Wildman–Crippen MR) is 178 cm³/mol. The van der Waals surface area contributed by atoms with Gasteiger partial charge in [-0.15, -0.1) is 18.2 Å². The fraction of sp³-hybridized carbons (Fsp3) is 0.270. The van der Waals surface area contributed by atoms with Gasteiger partial charge in [0.05, 0.1) is 5.58 Å². The van der Waals surface area contributed by atoms with E-state index in [0.717, 1.165) is 22.2 Å². The Morgan fingerprint density at radius 2 is 1.59 bits per heavy atom. The average molecular weight is 830 g/mol. The van der Waals surface area contributed by atoms with E-state index in [4.69, 9.17) is 11.3 Å². The van der Waals surface area contributed by atoms with E-state index < -0.39 is 37.9 Å². The molecule has 0 saturated heterocycles. The van der Waals surface area contributed by atoms with E-state index in [1.807, 2.05) is 44.3 Å². The van der Waals surface area contributed by atoms with Crippen LogP contribution in [0.25, 0.3) is 44.6 Å². The van der Waals surface area contributed by atoms with Crippen LogP contribution in [0.15, 0.2) is 77.5 Å². The van der Waals surface area contributed by atoms with Gasteiger partial charge < -0.3 is 9.40 Å². The Kier molecular flexibility index (Phi) is 8.54. The standard InChI is InChI=1S/C20H16FN2O.C17H22GeN.Ir/c1-11(2)16-9-17(22-10-12(16)3)15-6-4-5-13-14-7-8-18(21)23-20(14)24-19(13)15;1-13(2)15-11-17(14-9-7-6-8-10-14)19-12-16(15)18(3,4)5;/h4-5,7-11H,1-3H3;6-9,11-13H,1-5H3;/q2*-1;/i3D3,11D;13D;. The van der Waals surface area contributed by atoms with Crippen LogP contribution < -0.4 is 4.40 Å². The third-order valence-electron chi connectivity index (χ3n) is 7.20. The number of rotatable bonds is 5. The van der Waals surface area contributed by atoms with Gasteiger partial charge in [0, 0.05) is 37.2 Å². The van der Waals surface area contributed by atoms with Crippen LogP contribution in [0.1, 0.15) is 63.0 Å². The van der Waals surface area contributed by atoms with E-state index in [2.05, 4.69) is 50.4 Å². The molecule has 7 heteroatoms. The van der Waals surface area contributed by atoms with Gasteiger partial charge in [0.2, 0.25) is 11.7 Å². The summed E-state index contributed by atoms with van der Waals surface area (Å²) in [5.74, 6) is 4.66. The molecule has 4 nitrogen and oxygen atoms in total. The molecule has 2 aromatic carbocycles. The Morgan fingerprint density at radius 1 is 0.864 bits per heavy atom. The summed E-state index contributed by atoms with van der Waals surface area (Å²) in [5.41, 5.74) is 4.93. The zero-order valence-electron chi connectivity index (χ0n) is 30.9. The van der Waals surface area contributed by atoms with Crippen molar-refractivity contribution in [3.63, 3.8) is 0 Å². The summed E-state index contributed by atoms with van der Waals surface area (Å²) in [4.78, 5) is 12.7. The topological polar surface area (TPSA) is 51.8 Å². The number of hydrogen-bond acceptors (Lipinski definition) is 4. The van der Waals surface area contributed by atoms with E-state index in [0.29, 0.717) is 27.8 Å². The van der Waals surface area contributed by atoms with Crippen molar-refractivity contribution in [2.24, 2.45) is 0 Å². The minimum absolute atomic E-state index is 0. The fourth-order valence-electron chi connectivity index (χ4n) is 4.96. The van der Waals surface area contributed by atoms with E-state index >= 15 is 0 Å². The Labute approximate surface area is 283 Å². The Bertz CT molecular complexity index is 2100. The maximum atomic E-state index is 13.5. The molecule has 0 aliphatic rings. The van der Waals surface area contributed by atoms with Gasteiger partial charge in [0.25, 0.3) is 0 Å². The molecule has 229 valence electrons. The summed E-state index contributed by atoms with van der Waals surface area (Å²) in [5, 5.41) is 1.39. The van der Waals surface area contributed by atoms with Gasteiger partial charge in [-0.2, -0.15) is 9.37 Å². The van der Waals surface area contributed by atoms with Gasteiger partial charge in [0.15, 0.2) is 0 Å². The van der Waals surface area contributed by atoms with E-state index in [1.165, 1.54) is 16.7 Å². The van der Waals surface area contributed by atoms with Crippen LogP contribution in [0.3, 0.4) is 0 Å². The van der Waals surface area contributed by atoms with Crippen LogP contribution >= 0.6 is 0 Å². The van der Waals surface area contributed by atoms with Crippen molar-refractivity contribution < 1.29 is 35.8 Å². The van der Waals surface area contributed by atoms with Crippen LogP contribution in [0, 0.1) is 24.9 Å². The Balaban J connectivity index is 0.000000229. The van der Waals surface area contributed by atoms with Crippen LogP contribution in [0.4, 0.5) is 4.39 Å². The summed E-state index contributed by atoms with van der Waals surface area (Å²) in [7, 11) is 0.